The molecule has 0 saturated carbocycles. The molecule has 0 unspecified atom stereocenters. The van der Waals surface area contributed by atoms with E-state index in [0.717, 1.165) is 11.1 Å². The van der Waals surface area contributed by atoms with Crippen LogP contribution in [0.3, 0.4) is 0 Å². The maximum absolute atomic E-state index is 12.1. The molecule has 1 aliphatic heterocycles. The van der Waals surface area contributed by atoms with Crippen LogP contribution in [0.5, 0.6) is 0 Å². The van der Waals surface area contributed by atoms with Crippen molar-refractivity contribution in [2.75, 3.05) is 0 Å². The molecule has 2 rings (SSSR count). The Bertz CT molecular complexity index is 536. The van der Waals surface area contributed by atoms with Gasteiger partial charge in [0.2, 0.25) is 5.92 Å². The average molecular weight is 276 g/mol. The van der Waals surface area contributed by atoms with Gasteiger partial charge in [-0.3, -0.25) is 14.4 Å². The highest BCUT2D eigenvalue weighted by atomic mass is 16.7. The zero-order chi connectivity index (χ0) is 14.9. The third kappa shape index (κ3) is 3.04. The number of rotatable bonds is 3. The molecule has 0 bridgehead atoms. The minimum Gasteiger partial charge on any atom is -0.422 e. The first-order valence-corrected chi connectivity index (χ1v) is 6.32. The number of benzene rings is 1. The molecule has 20 heavy (non-hydrogen) atoms. The first-order chi connectivity index (χ1) is 9.28. The number of ether oxygens (including phenoxy) is 2. The van der Waals surface area contributed by atoms with Gasteiger partial charge >= 0.3 is 11.9 Å². The summed E-state index contributed by atoms with van der Waals surface area (Å²) in [4.78, 5) is 35.6. The molecule has 0 aromatic heterocycles. The van der Waals surface area contributed by atoms with Gasteiger partial charge in [0.15, 0.2) is 5.78 Å². The lowest BCUT2D eigenvalue weighted by atomic mass is 9.96. The predicted octanol–water partition coefficient (Wildman–Crippen LogP) is 1.56. The smallest absolute Gasteiger partial charge is 0.331 e. The predicted molar refractivity (Wildman–Crippen MR) is 69.6 cm³/mol. The van der Waals surface area contributed by atoms with Crippen LogP contribution < -0.4 is 0 Å². The fraction of sp³-hybridized carbons (Fsp3) is 0.400. The summed E-state index contributed by atoms with van der Waals surface area (Å²) in [5.74, 6) is -5.00. The summed E-state index contributed by atoms with van der Waals surface area (Å²) in [5.41, 5.74) is 1.81. The van der Waals surface area contributed by atoms with E-state index in [1.165, 1.54) is 13.8 Å². The standard InChI is InChI=1S/C15H16O5/c1-9-4-6-10(7-5-9)8-11(16)12-13(17)19-15(2,3)20-14(12)18/h4-7,12H,8H2,1-3H3. The highest BCUT2D eigenvalue weighted by molar-refractivity contribution is 6.16. The Balaban J connectivity index is 2.11. The van der Waals surface area contributed by atoms with Crippen molar-refractivity contribution in [3.05, 3.63) is 35.4 Å². The van der Waals surface area contributed by atoms with Crippen molar-refractivity contribution in [2.45, 2.75) is 33.0 Å². The van der Waals surface area contributed by atoms with Crippen LogP contribution in [0.4, 0.5) is 0 Å². The molecular weight excluding hydrogens is 260 g/mol. The SMILES string of the molecule is Cc1ccc(CC(=O)C2C(=O)OC(C)(C)OC2=O)cc1. The van der Waals surface area contributed by atoms with Crippen molar-refractivity contribution in [1.29, 1.82) is 0 Å². The lowest BCUT2D eigenvalue weighted by molar-refractivity contribution is -0.238. The van der Waals surface area contributed by atoms with Crippen molar-refractivity contribution in [3.8, 4) is 0 Å². The van der Waals surface area contributed by atoms with Gasteiger partial charge in [0.1, 0.15) is 0 Å². The largest absolute Gasteiger partial charge is 0.422 e. The third-order valence-electron chi connectivity index (χ3n) is 2.99. The van der Waals surface area contributed by atoms with Gasteiger partial charge in [0.05, 0.1) is 0 Å². The van der Waals surface area contributed by atoms with E-state index >= 15 is 0 Å². The fourth-order valence-electron chi connectivity index (χ4n) is 1.99. The Kier molecular flexibility index (Phi) is 3.61. The minimum absolute atomic E-state index is 0.00439. The summed E-state index contributed by atoms with van der Waals surface area (Å²) in [6.45, 7) is 4.83. The molecule has 106 valence electrons. The number of hydrogen-bond donors (Lipinski definition) is 0. The molecule has 0 radical (unpaired) electrons. The van der Waals surface area contributed by atoms with E-state index < -0.39 is 29.4 Å². The molecule has 0 atom stereocenters. The Morgan fingerprint density at radius 1 is 1.10 bits per heavy atom. The molecule has 1 aliphatic rings. The molecule has 5 nitrogen and oxygen atoms in total. The number of carbonyl (C=O) groups excluding carboxylic acids is 3. The van der Waals surface area contributed by atoms with Crippen LogP contribution in [-0.4, -0.2) is 23.5 Å². The fourth-order valence-corrected chi connectivity index (χ4v) is 1.99. The van der Waals surface area contributed by atoms with E-state index in [0.29, 0.717) is 0 Å². The van der Waals surface area contributed by atoms with Gasteiger partial charge in [-0.25, -0.2) is 0 Å². The number of ketones is 1. The van der Waals surface area contributed by atoms with E-state index in [2.05, 4.69) is 0 Å². The van der Waals surface area contributed by atoms with Crippen LogP contribution in [0.15, 0.2) is 24.3 Å². The third-order valence-corrected chi connectivity index (χ3v) is 2.99. The minimum atomic E-state index is -1.48. The van der Waals surface area contributed by atoms with Gasteiger partial charge < -0.3 is 9.47 Å². The van der Waals surface area contributed by atoms with Crippen LogP contribution >= 0.6 is 0 Å². The van der Waals surface area contributed by atoms with Gasteiger partial charge in [-0.15, -0.1) is 0 Å². The van der Waals surface area contributed by atoms with E-state index in [1.54, 1.807) is 12.1 Å². The highest BCUT2D eigenvalue weighted by Crippen LogP contribution is 2.24. The molecular formula is C15H16O5. The number of esters is 2. The van der Waals surface area contributed by atoms with E-state index in [1.807, 2.05) is 19.1 Å². The van der Waals surface area contributed by atoms with Crippen molar-refractivity contribution in [2.24, 2.45) is 5.92 Å². The Hall–Kier alpha value is -2.17. The zero-order valence-electron chi connectivity index (χ0n) is 11.6. The van der Waals surface area contributed by atoms with E-state index in [4.69, 9.17) is 9.47 Å². The summed E-state index contributed by atoms with van der Waals surface area (Å²) in [7, 11) is 0. The molecule has 1 saturated heterocycles. The summed E-state index contributed by atoms with van der Waals surface area (Å²) >= 11 is 0. The molecule has 0 spiro atoms. The summed E-state index contributed by atoms with van der Waals surface area (Å²) in [6, 6.07) is 7.31. The molecule has 0 amide bonds. The maximum Gasteiger partial charge on any atom is 0.331 e. The summed E-state index contributed by atoms with van der Waals surface area (Å²) in [5, 5.41) is 0. The van der Waals surface area contributed by atoms with E-state index in [9.17, 15) is 14.4 Å². The molecule has 1 heterocycles. The van der Waals surface area contributed by atoms with Gasteiger partial charge in [0.25, 0.3) is 5.79 Å². The van der Waals surface area contributed by atoms with Gasteiger partial charge in [0, 0.05) is 20.3 Å². The van der Waals surface area contributed by atoms with Gasteiger partial charge in [-0.2, -0.15) is 0 Å². The van der Waals surface area contributed by atoms with Crippen molar-refractivity contribution < 1.29 is 23.9 Å². The second-order valence-corrected chi connectivity index (χ2v) is 5.30. The number of carbonyl (C=O) groups is 3. The van der Waals surface area contributed by atoms with Gasteiger partial charge in [-0.05, 0) is 12.5 Å². The monoisotopic (exact) mass is 276 g/mol. The topological polar surface area (TPSA) is 69.7 Å². The van der Waals surface area contributed by atoms with Crippen LogP contribution in [0.2, 0.25) is 0 Å². The first-order valence-electron chi connectivity index (χ1n) is 6.32. The summed E-state index contributed by atoms with van der Waals surface area (Å²) < 4.78 is 9.86. The Morgan fingerprint density at radius 3 is 2.10 bits per heavy atom. The molecule has 1 fully saturated rings. The second kappa shape index (κ2) is 5.07. The number of hydrogen-bond acceptors (Lipinski definition) is 5. The number of aryl methyl sites for hydroxylation is 1. The van der Waals surface area contributed by atoms with E-state index in [-0.39, 0.29) is 6.42 Å². The molecule has 0 N–H and O–H groups in total. The van der Waals surface area contributed by atoms with Gasteiger partial charge in [-0.1, -0.05) is 29.8 Å². The lowest BCUT2D eigenvalue weighted by Gasteiger charge is -2.32. The van der Waals surface area contributed by atoms with Crippen LogP contribution in [-0.2, 0) is 30.3 Å². The highest BCUT2D eigenvalue weighted by Gasteiger charge is 2.46. The van der Waals surface area contributed by atoms with Crippen LogP contribution in [0.25, 0.3) is 0 Å². The molecule has 1 aromatic carbocycles. The summed E-state index contributed by atoms with van der Waals surface area (Å²) in [6.07, 6.45) is -0.00439. The van der Waals surface area contributed by atoms with Crippen molar-refractivity contribution in [1.82, 2.24) is 0 Å². The molecule has 0 aliphatic carbocycles. The number of Topliss-reactive ketones (excluding diaryl/α,β-unsaturated/α-hetero) is 1. The Labute approximate surface area is 116 Å². The van der Waals surface area contributed by atoms with Crippen molar-refractivity contribution >= 4 is 17.7 Å². The van der Waals surface area contributed by atoms with Crippen molar-refractivity contribution in [3.63, 3.8) is 0 Å². The van der Waals surface area contributed by atoms with Crippen LogP contribution in [0, 0.1) is 12.8 Å². The normalized spacial score (nSPS) is 18.4. The lowest BCUT2D eigenvalue weighted by Crippen LogP contribution is -2.49. The molecule has 5 heteroatoms. The zero-order valence-corrected chi connectivity index (χ0v) is 11.6. The average Bonchev–Trinajstić information content (AvgIpc) is 2.29. The quantitative estimate of drug-likeness (QED) is 0.619. The first kappa shape index (κ1) is 14.2. The maximum atomic E-state index is 12.1. The Morgan fingerprint density at radius 2 is 1.60 bits per heavy atom. The second-order valence-electron chi connectivity index (χ2n) is 5.30. The van der Waals surface area contributed by atoms with Crippen LogP contribution in [0.1, 0.15) is 25.0 Å². The number of cyclic esters (lactones) is 2. The molecule has 1 aromatic rings.